The summed E-state index contributed by atoms with van der Waals surface area (Å²) in [5, 5.41) is 7.96. The van der Waals surface area contributed by atoms with Crippen LogP contribution in [0.3, 0.4) is 0 Å². The van der Waals surface area contributed by atoms with Crippen molar-refractivity contribution in [1.82, 2.24) is 29.3 Å². The number of halogens is 1. The highest BCUT2D eigenvalue weighted by Gasteiger charge is 2.17. The van der Waals surface area contributed by atoms with E-state index >= 15 is 0 Å². The van der Waals surface area contributed by atoms with Crippen molar-refractivity contribution < 1.29 is 0 Å². The van der Waals surface area contributed by atoms with Crippen LogP contribution in [0.4, 0.5) is 0 Å². The van der Waals surface area contributed by atoms with E-state index in [9.17, 15) is 0 Å². The van der Waals surface area contributed by atoms with Gasteiger partial charge in [0.25, 0.3) is 0 Å². The molecule has 142 valence electrons. The number of nitrogens with one attached hydrogen (secondary N) is 1. The van der Waals surface area contributed by atoms with Crippen LogP contribution in [0, 0.1) is 4.77 Å². The molecule has 29 heavy (non-hydrogen) atoms. The molecule has 5 rings (SSSR count). The molecule has 0 saturated carbocycles. The Bertz CT molecular complexity index is 1370. The van der Waals surface area contributed by atoms with Gasteiger partial charge in [0, 0.05) is 6.20 Å². The standard InChI is InChI=1S/C21H15ClN6S/c22-14-7-1-3-10-17(14)28-19(25-26-21(28)29)13-27-18-11-4-2-8-15(18)24-20(27)16-9-5-6-12-23-16/h1-12H,13H2,(H,26,29). The molecule has 0 atom stereocenters. The molecule has 2 aromatic carbocycles. The summed E-state index contributed by atoms with van der Waals surface area (Å²) in [5.41, 5.74) is 3.47. The summed E-state index contributed by atoms with van der Waals surface area (Å²) in [6.07, 6.45) is 1.76. The Hall–Kier alpha value is -3.29. The van der Waals surface area contributed by atoms with E-state index in [0.717, 1.165) is 34.1 Å². The summed E-state index contributed by atoms with van der Waals surface area (Å²) < 4.78 is 4.43. The molecule has 3 heterocycles. The molecule has 0 fully saturated rings. The van der Waals surface area contributed by atoms with E-state index in [-0.39, 0.29) is 0 Å². The number of imidazole rings is 1. The van der Waals surface area contributed by atoms with Gasteiger partial charge in [-0.2, -0.15) is 5.10 Å². The van der Waals surface area contributed by atoms with Gasteiger partial charge in [0.2, 0.25) is 0 Å². The summed E-state index contributed by atoms with van der Waals surface area (Å²) >= 11 is 11.9. The minimum Gasteiger partial charge on any atom is -0.315 e. The van der Waals surface area contributed by atoms with Crippen molar-refractivity contribution in [2.24, 2.45) is 0 Å². The maximum Gasteiger partial charge on any atom is 0.199 e. The van der Waals surface area contributed by atoms with Gasteiger partial charge in [0.05, 0.1) is 28.3 Å². The highest BCUT2D eigenvalue weighted by atomic mass is 35.5. The van der Waals surface area contributed by atoms with Crippen LogP contribution in [-0.4, -0.2) is 29.3 Å². The molecule has 0 bridgehead atoms. The molecule has 8 heteroatoms. The Balaban J connectivity index is 1.70. The van der Waals surface area contributed by atoms with Crippen molar-refractivity contribution in [3.63, 3.8) is 0 Å². The second-order valence-electron chi connectivity index (χ2n) is 6.46. The number of hydrogen-bond acceptors (Lipinski definition) is 4. The van der Waals surface area contributed by atoms with E-state index in [1.54, 1.807) is 6.20 Å². The maximum atomic E-state index is 6.43. The quantitative estimate of drug-likeness (QED) is 0.415. The molecule has 0 aliphatic carbocycles. The minimum atomic E-state index is 0.449. The molecule has 1 N–H and O–H groups in total. The molecule has 3 aromatic heterocycles. The molecular formula is C21H15ClN6S. The first-order valence-electron chi connectivity index (χ1n) is 9.00. The van der Waals surface area contributed by atoms with Gasteiger partial charge in [0.1, 0.15) is 5.69 Å². The molecule has 0 aliphatic heterocycles. The molecule has 0 amide bonds. The lowest BCUT2D eigenvalue weighted by Crippen LogP contribution is -2.09. The van der Waals surface area contributed by atoms with E-state index in [1.807, 2.05) is 71.3 Å². The Kier molecular flexibility index (Phi) is 4.46. The SMILES string of the molecule is S=c1[nH]nc(Cn2c(-c3ccccn3)nc3ccccc32)n1-c1ccccc1Cl. The summed E-state index contributed by atoms with van der Waals surface area (Å²) in [4.78, 5) is 9.29. The Morgan fingerprint density at radius 3 is 2.59 bits per heavy atom. The van der Waals surface area contributed by atoms with E-state index in [0.29, 0.717) is 16.3 Å². The van der Waals surface area contributed by atoms with Crippen LogP contribution in [0.1, 0.15) is 5.82 Å². The first-order valence-corrected chi connectivity index (χ1v) is 9.79. The highest BCUT2D eigenvalue weighted by Crippen LogP contribution is 2.26. The molecule has 0 saturated heterocycles. The van der Waals surface area contributed by atoms with Gasteiger partial charge >= 0.3 is 0 Å². The molecule has 6 nitrogen and oxygen atoms in total. The second-order valence-corrected chi connectivity index (χ2v) is 7.25. The van der Waals surface area contributed by atoms with Crippen molar-refractivity contribution >= 4 is 34.9 Å². The van der Waals surface area contributed by atoms with Gasteiger partial charge in [-0.05, 0) is 48.6 Å². The molecule has 0 unspecified atom stereocenters. The number of aromatic amines is 1. The Morgan fingerprint density at radius 2 is 1.76 bits per heavy atom. The molecule has 0 aliphatic rings. The molecule has 5 aromatic rings. The highest BCUT2D eigenvalue weighted by molar-refractivity contribution is 7.71. The van der Waals surface area contributed by atoms with Crippen LogP contribution in [0.25, 0.3) is 28.2 Å². The number of rotatable bonds is 4. The third-order valence-electron chi connectivity index (χ3n) is 4.68. The number of hydrogen-bond donors (Lipinski definition) is 1. The summed E-state index contributed by atoms with van der Waals surface area (Å²) in [6.45, 7) is 0.449. The van der Waals surface area contributed by atoms with Crippen LogP contribution < -0.4 is 0 Å². The van der Waals surface area contributed by atoms with Crippen molar-refractivity contribution in [2.75, 3.05) is 0 Å². The monoisotopic (exact) mass is 418 g/mol. The molecular weight excluding hydrogens is 404 g/mol. The van der Waals surface area contributed by atoms with Gasteiger partial charge in [-0.3, -0.25) is 14.6 Å². The van der Waals surface area contributed by atoms with Gasteiger partial charge in [-0.15, -0.1) is 0 Å². The lowest BCUT2D eigenvalue weighted by molar-refractivity contribution is 0.745. The number of H-pyrrole nitrogens is 1. The zero-order valence-corrected chi connectivity index (χ0v) is 16.7. The topological polar surface area (TPSA) is 64.3 Å². The van der Waals surface area contributed by atoms with Crippen LogP contribution in [0.2, 0.25) is 5.02 Å². The number of benzene rings is 2. The van der Waals surface area contributed by atoms with Crippen molar-refractivity contribution in [1.29, 1.82) is 0 Å². The van der Waals surface area contributed by atoms with E-state index < -0.39 is 0 Å². The van der Waals surface area contributed by atoms with Crippen molar-refractivity contribution in [2.45, 2.75) is 6.54 Å². The maximum absolute atomic E-state index is 6.43. The smallest absolute Gasteiger partial charge is 0.199 e. The first kappa shape index (κ1) is 17.8. The second kappa shape index (κ2) is 7.27. The lowest BCUT2D eigenvalue weighted by atomic mass is 10.3. The zero-order chi connectivity index (χ0) is 19.8. The van der Waals surface area contributed by atoms with Crippen molar-refractivity contribution in [3.05, 3.63) is 88.5 Å². The minimum absolute atomic E-state index is 0.449. The predicted molar refractivity (Wildman–Crippen MR) is 116 cm³/mol. The number of fused-ring (bicyclic) bond motifs is 1. The van der Waals surface area contributed by atoms with Gasteiger partial charge in [0.15, 0.2) is 16.4 Å². The fourth-order valence-electron chi connectivity index (χ4n) is 3.38. The predicted octanol–water partition coefficient (Wildman–Crippen LogP) is 5.04. The van der Waals surface area contributed by atoms with Crippen LogP contribution in [0.5, 0.6) is 0 Å². The van der Waals surface area contributed by atoms with E-state index in [2.05, 4.69) is 19.7 Å². The Labute approximate surface area is 176 Å². The van der Waals surface area contributed by atoms with E-state index in [1.165, 1.54) is 0 Å². The third-order valence-corrected chi connectivity index (χ3v) is 5.28. The summed E-state index contributed by atoms with van der Waals surface area (Å²) in [7, 11) is 0. The van der Waals surface area contributed by atoms with Gasteiger partial charge in [-0.25, -0.2) is 4.98 Å². The van der Waals surface area contributed by atoms with Gasteiger partial charge in [-0.1, -0.05) is 41.9 Å². The lowest BCUT2D eigenvalue weighted by Gasteiger charge is -2.11. The Morgan fingerprint density at radius 1 is 0.966 bits per heavy atom. The molecule has 0 spiro atoms. The normalized spacial score (nSPS) is 11.2. The number of aromatic nitrogens is 6. The molecule has 0 radical (unpaired) electrons. The fraction of sp³-hybridized carbons (Fsp3) is 0.0476. The summed E-state index contributed by atoms with van der Waals surface area (Å²) in [5.74, 6) is 1.50. The summed E-state index contributed by atoms with van der Waals surface area (Å²) in [6, 6.07) is 21.3. The van der Waals surface area contributed by atoms with Crippen LogP contribution in [-0.2, 0) is 6.54 Å². The van der Waals surface area contributed by atoms with Crippen LogP contribution in [0.15, 0.2) is 72.9 Å². The number of pyridine rings is 1. The largest absolute Gasteiger partial charge is 0.315 e. The fourth-order valence-corrected chi connectivity index (χ4v) is 3.85. The average Bonchev–Trinajstić information content (AvgIpc) is 3.30. The van der Waals surface area contributed by atoms with E-state index in [4.69, 9.17) is 28.8 Å². The zero-order valence-electron chi connectivity index (χ0n) is 15.2. The number of nitrogens with zero attached hydrogens (tertiary/aromatic N) is 5. The average molecular weight is 419 g/mol. The number of para-hydroxylation sites is 3. The van der Waals surface area contributed by atoms with Gasteiger partial charge < -0.3 is 4.57 Å². The first-order chi connectivity index (χ1) is 14.2. The van der Waals surface area contributed by atoms with Crippen molar-refractivity contribution in [3.8, 4) is 17.2 Å². The third kappa shape index (κ3) is 3.14. The van der Waals surface area contributed by atoms with Crippen LogP contribution >= 0.6 is 23.8 Å².